The number of aryl methyl sites for hydroxylation is 2. The summed E-state index contributed by atoms with van der Waals surface area (Å²) in [5.41, 5.74) is 2.14. The maximum Gasteiger partial charge on any atom is 0.412 e. The second kappa shape index (κ2) is 7.95. The fourth-order valence-corrected chi connectivity index (χ4v) is 1.97. The molecule has 0 aliphatic carbocycles. The first-order valence-corrected chi connectivity index (χ1v) is 7.98. The Morgan fingerprint density at radius 2 is 1.83 bits per heavy atom. The smallest absolute Gasteiger partial charge is 0.412 e. The first-order chi connectivity index (χ1) is 11.2. The van der Waals surface area contributed by atoms with E-state index >= 15 is 0 Å². The van der Waals surface area contributed by atoms with Crippen molar-refractivity contribution < 1.29 is 13.9 Å². The van der Waals surface area contributed by atoms with Crippen LogP contribution >= 0.6 is 0 Å². The number of anilines is 1. The van der Waals surface area contributed by atoms with Gasteiger partial charge in [-0.25, -0.2) is 9.18 Å². The average molecular weight is 335 g/mol. The zero-order chi connectivity index (χ0) is 18.5. The third-order valence-electron chi connectivity index (χ3n) is 2.93. The van der Waals surface area contributed by atoms with Crippen molar-refractivity contribution in [3.63, 3.8) is 0 Å². The van der Waals surface area contributed by atoms with Crippen molar-refractivity contribution in [3.05, 3.63) is 35.3 Å². The molecular formula is C18H26FN3O2. The molecule has 0 unspecified atom stereocenters. The molecule has 0 radical (unpaired) electrons. The molecule has 0 saturated carbocycles. The van der Waals surface area contributed by atoms with Crippen molar-refractivity contribution in [2.45, 2.75) is 54.1 Å². The van der Waals surface area contributed by atoms with E-state index in [2.05, 4.69) is 15.5 Å². The Labute approximate surface area is 142 Å². The normalized spacial score (nSPS) is 10.7. The van der Waals surface area contributed by atoms with Gasteiger partial charge in [-0.05, 0) is 58.4 Å². The molecule has 1 aromatic carbocycles. The number of H-pyrrole nitrogens is 1. The van der Waals surface area contributed by atoms with E-state index < -0.39 is 17.5 Å². The molecule has 6 heteroatoms. The fourth-order valence-electron chi connectivity index (χ4n) is 1.97. The van der Waals surface area contributed by atoms with Crippen LogP contribution < -0.4 is 5.32 Å². The molecule has 0 aliphatic rings. The quantitative estimate of drug-likeness (QED) is 0.792. The number of carbonyl (C=O) groups excluding carboxylic acids is 1. The minimum atomic E-state index is -0.597. The fraction of sp³-hybridized carbons (Fsp3) is 0.444. The summed E-state index contributed by atoms with van der Waals surface area (Å²) >= 11 is 0. The number of nitrogens with zero attached hydrogens (tertiary/aromatic N) is 1. The first kappa shape index (κ1) is 19.7. The van der Waals surface area contributed by atoms with Gasteiger partial charge in [0.25, 0.3) is 0 Å². The number of aromatic nitrogens is 2. The van der Waals surface area contributed by atoms with Crippen LogP contribution in [0.1, 0.15) is 45.9 Å². The maximum atomic E-state index is 14.1. The largest absolute Gasteiger partial charge is 0.444 e. The lowest BCUT2D eigenvalue weighted by Crippen LogP contribution is -2.27. The van der Waals surface area contributed by atoms with Gasteiger partial charge < -0.3 is 4.74 Å². The Bertz CT molecular complexity index is 703. The third kappa shape index (κ3) is 5.37. The van der Waals surface area contributed by atoms with Crippen molar-refractivity contribution in [2.24, 2.45) is 0 Å². The van der Waals surface area contributed by atoms with Gasteiger partial charge in [0.15, 0.2) is 0 Å². The molecule has 1 heterocycles. The van der Waals surface area contributed by atoms with E-state index in [4.69, 9.17) is 4.74 Å². The van der Waals surface area contributed by atoms with Crippen LogP contribution in [0.2, 0.25) is 0 Å². The predicted molar refractivity (Wildman–Crippen MR) is 94.7 cm³/mol. The molecule has 2 rings (SSSR count). The number of nitrogens with one attached hydrogen (secondary N) is 2. The van der Waals surface area contributed by atoms with Crippen molar-refractivity contribution in [1.29, 1.82) is 0 Å². The van der Waals surface area contributed by atoms with Gasteiger partial charge in [0.1, 0.15) is 11.4 Å². The molecule has 0 bridgehead atoms. The second-order valence-electron chi connectivity index (χ2n) is 6.21. The predicted octanol–water partition coefficient (Wildman–Crippen LogP) is 5.21. The lowest BCUT2D eigenvalue weighted by Gasteiger charge is -2.20. The van der Waals surface area contributed by atoms with Crippen molar-refractivity contribution >= 4 is 11.8 Å². The molecule has 132 valence electrons. The number of hydrogen-bond acceptors (Lipinski definition) is 3. The molecule has 0 aliphatic heterocycles. The number of halogens is 1. The van der Waals surface area contributed by atoms with Gasteiger partial charge in [0.05, 0.1) is 5.69 Å². The molecule has 1 amide bonds. The highest BCUT2D eigenvalue weighted by atomic mass is 19.1. The number of ether oxygens (including phenoxy) is 1. The van der Waals surface area contributed by atoms with E-state index in [0.29, 0.717) is 22.5 Å². The van der Waals surface area contributed by atoms with Gasteiger partial charge in [-0.3, -0.25) is 10.4 Å². The summed E-state index contributed by atoms with van der Waals surface area (Å²) < 4.78 is 19.3. The minimum absolute atomic E-state index is 0.320. The van der Waals surface area contributed by atoms with Gasteiger partial charge in [-0.2, -0.15) is 5.10 Å². The van der Waals surface area contributed by atoms with E-state index in [-0.39, 0.29) is 0 Å². The maximum absolute atomic E-state index is 14.1. The number of carbonyl (C=O) groups is 1. The highest BCUT2D eigenvalue weighted by Crippen LogP contribution is 2.28. The summed E-state index contributed by atoms with van der Waals surface area (Å²) in [6.45, 7) is 12.9. The number of hydrogen-bond donors (Lipinski definition) is 2. The zero-order valence-corrected chi connectivity index (χ0v) is 15.4. The zero-order valence-electron chi connectivity index (χ0n) is 15.4. The molecule has 0 spiro atoms. The lowest BCUT2D eigenvalue weighted by atomic mass is 10.1. The van der Waals surface area contributed by atoms with Crippen molar-refractivity contribution in [2.75, 3.05) is 5.32 Å². The molecule has 5 nitrogen and oxygen atoms in total. The molecule has 0 saturated heterocycles. The van der Waals surface area contributed by atoms with E-state index in [1.54, 1.807) is 39.8 Å². The van der Waals surface area contributed by atoms with Gasteiger partial charge in [-0.1, -0.05) is 13.8 Å². The standard InChI is InChI=1S/C16H20FN3O2.C2H6/c1-9-6-12(17)11(14-7-10(2)19-20-14)8-13(9)18-15(21)22-16(3,4)5;1-2/h6-8H,1-5H3,(H,18,21)(H,19,20);1-2H3. The number of amides is 1. The van der Waals surface area contributed by atoms with Crippen LogP contribution in [-0.4, -0.2) is 21.9 Å². The van der Waals surface area contributed by atoms with Crippen LogP contribution in [0.25, 0.3) is 11.3 Å². The summed E-state index contributed by atoms with van der Waals surface area (Å²) in [4.78, 5) is 11.9. The van der Waals surface area contributed by atoms with Crippen molar-refractivity contribution in [3.8, 4) is 11.3 Å². The SMILES string of the molecule is CC.Cc1cc(-c2cc(NC(=O)OC(C)(C)C)c(C)cc2F)n[nH]1. The number of aromatic amines is 1. The van der Waals surface area contributed by atoms with Gasteiger partial charge in [0.2, 0.25) is 0 Å². The Kier molecular flexibility index (Phi) is 6.51. The number of rotatable bonds is 2. The first-order valence-electron chi connectivity index (χ1n) is 7.98. The topological polar surface area (TPSA) is 67.0 Å². The minimum Gasteiger partial charge on any atom is -0.444 e. The third-order valence-corrected chi connectivity index (χ3v) is 2.93. The summed E-state index contributed by atoms with van der Waals surface area (Å²) in [7, 11) is 0. The Morgan fingerprint density at radius 1 is 1.21 bits per heavy atom. The Balaban J connectivity index is 0.00000139. The van der Waals surface area contributed by atoms with Crippen LogP contribution in [0.5, 0.6) is 0 Å². The van der Waals surface area contributed by atoms with Crippen LogP contribution in [-0.2, 0) is 4.74 Å². The summed E-state index contributed by atoms with van der Waals surface area (Å²) in [5.74, 6) is -0.390. The molecule has 0 atom stereocenters. The second-order valence-corrected chi connectivity index (χ2v) is 6.21. The Hall–Kier alpha value is -2.37. The molecule has 2 N–H and O–H groups in total. The van der Waals surface area contributed by atoms with Crippen LogP contribution in [0.15, 0.2) is 18.2 Å². The average Bonchev–Trinajstić information content (AvgIpc) is 2.88. The van der Waals surface area contributed by atoms with E-state index in [9.17, 15) is 9.18 Å². The molecule has 2 aromatic rings. The molecule has 24 heavy (non-hydrogen) atoms. The van der Waals surface area contributed by atoms with E-state index in [1.807, 2.05) is 20.8 Å². The number of benzene rings is 1. The highest BCUT2D eigenvalue weighted by Gasteiger charge is 2.18. The van der Waals surface area contributed by atoms with Gasteiger partial charge in [0, 0.05) is 16.9 Å². The van der Waals surface area contributed by atoms with E-state index in [1.165, 1.54) is 6.07 Å². The Morgan fingerprint density at radius 3 is 2.33 bits per heavy atom. The summed E-state index contributed by atoms with van der Waals surface area (Å²) in [5, 5.41) is 9.46. The summed E-state index contributed by atoms with van der Waals surface area (Å²) in [6, 6.07) is 4.67. The lowest BCUT2D eigenvalue weighted by molar-refractivity contribution is 0.0636. The summed E-state index contributed by atoms with van der Waals surface area (Å²) in [6.07, 6.45) is -0.577. The highest BCUT2D eigenvalue weighted by molar-refractivity contribution is 5.87. The molecular weight excluding hydrogens is 309 g/mol. The van der Waals surface area contributed by atoms with E-state index in [0.717, 1.165) is 5.69 Å². The monoisotopic (exact) mass is 335 g/mol. The molecule has 0 fully saturated rings. The van der Waals surface area contributed by atoms with Gasteiger partial charge in [-0.15, -0.1) is 0 Å². The van der Waals surface area contributed by atoms with Crippen LogP contribution in [0.4, 0.5) is 14.9 Å². The van der Waals surface area contributed by atoms with Gasteiger partial charge >= 0.3 is 6.09 Å². The van der Waals surface area contributed by atoms with Crippen molar-refractivity contribution in [1.82, 2.24) is 10.2 Å². The van der Waals surface area contributed by atoms with Crippen LogP contribution in [0.3, 0.4) is 0 Å². The van der Waals surface area contributed by atoms with Crippen LogP contribution in [0, 0.1) is 19.7 Å². The molecule has 1 aromatic heterocycles.